The number of carbonyl (C=O) groups is 1. The molecule has 18 heavy (non-hydrogen) atoms. The minimum atomic E-state index is -0.818. The Labute approximate surface area is 104 Å². The average molecular weight is 246 g/mol. The predicted octanol–water partition coefficient (Wildman–Crippen LogP) is 2.10. The molecule has 0 saturated heterocycles. The lowest BCUT2D eigenvalue weighted by molar-refractivity contribution is -0.136. The third kappa shape index (κ3) is 2.68. The van der Waals surface area contributed by atoms with E-state index in [4.69, 9.17) is 9.84 Å². The summed E-state index contributed by atoms with van der Waals surface area (Å²) in [6.07, 6.45) is 2.09. The number of hydrogen-bond acceptors (Lipinski definition) is 3. The van der Waals surface area contributed by atoms with E-state index in [1.807, 2.05) is 24.3 Å². The number of imidazole rings is 1. The molecule has 5 nitrogen and oxygen atoms in total. The number of aryl methyl sites for hydroxylation is 1. The number of carboxylic acids is 1. The fourth-order valence-corrected chi connectivity index (χ4v) is 1.76. The second kappa shape index (κ2) is 5.35. The minimum absolute atomic E-state index is 0.0825. The Balaban J connectivity index is 2.27. The van der Waals surface area contributed by atoms with Crippen molar-refractivity contribution in [2.24, 2.45) is 0 Å². The molecule has 1 aromatic carbocycles. The first-order valence-corrected chi connectivity index (χ1v) is 5.59. The van der Waals surface area contributed by atoms with Gasteiger partial charge in [0.25, 0.3) is 0 Å². The molecule has 2 aromatic rings. The SMILES string of the molecule is COc1cccc(-c2nc[nH]c2CCC(=O)O)c1. The van der Waals surface area contributed by atoms with E-state index in [1.54, 1.807) is 13.4 Å². The van der Waals surface area contributed by atoms with E-state index in [0.717, 1.165) is 22.7 Å². The Hall–Kier alpha value is -2.30. The van der Waals surface area contributed by atoms with Crippen LogP contribution in [0, 0.1) is 0 Å². The largest absolute Gasteiger partial charge is 0.497 e. The van der Waals surface area contributed by atoms with E-state index in [1.165, 1.54) is 0 Å². The molecule has 0 bridgehead atoms. The van der Waals surface area contributed by atoms with Gasteiger partial charge in [0.1, 0.15) is 5.75 Å². The second-order valence-electron chi connectivity index (χ2n) is 3.86. The number of nitrogens with one attached hydrogen (secondary N) is 1. The topological polar surface area (TPSA) is 75.2 Å². The molecule has 0 fully saturated rings. The number of H-pyrrole nitrogens is 1. The maximum atomic E-state index is 10.6. The van der Waals surface area contributed by atoms with Gasteiger partial charge in [-0.05, 0) is 12.1 Å². The van der Waals surface area contributed by atoms with Gasteiger partial charge in [-0.15, -0.1) is 0 Å². The van der Waals surface area contributed by atoms with Crippen LogP contribution >= 0.6 is 0 Å². The van der Waals surface area contributed by atoms with Crippen molar-refractivity contribution in [2.75, 3.05) is 7.11 Å². The lowest BCUT2D eigenvalue weighted by atomic mass is 10.1. The summed E-state index contributed by atoms with van der Waals surface area (Å²) in [4.78, 5) is 17.8. The van der Waals surface area contributed by atoms with Gasteiger partial charge in [-0.2, -0.15) is 0 Å². The fourth-order valence-electron chi connectivity index (χ4n) is 1.76. The van der Waals surface area contributed by atoms with Crippen molar-refractivity contribution in [3.63, 3.8) is 0 Å². The summed E-state index contributed by atoms with van der Waals surface area (Å²) in [5.41, 5.74) is 2.51. The highest BCUT2D eigenvalue weighted by atomic mass is 16.5. The number of methoxy groups -OCH3 is 1. The number of aromatic amines is 1. The number of ether oxygens (including phenoxy) is 1. The minimum Gasteiger partial charge on any atom is -0.497 e. The van der Waals surface area contributed by atoms with Crippen LogP contribution in [0.25, 0.3) is 11.3 Å². The number of carboxylic acid groups (broad SMARTS) is 1. The summed E-state index contributed by atoms with van der Waals surface area (Å²) in [6, 6.07) is 7.53. The lowest BCUT2D eigenvalue weighted by Crippen LogP contribution is -1.99. The van der Waals surface area contributed by atoms with Crippen molar-refractivity contribution in [1.82, 2.24) is 9.97 Å². The van der Waals surface area contributed by atoms with Gasteiger partial charge in [0, 0.05) is 17.7 Å². The van der Waals surface area contributed by atoms with Gasteiger partial charge >= 0.3 is 5.97 Å². The number of nitrogens with zero attached hydrogens (tertiary/aromatic N) is 1. The summed E-state index contributed by atoms with van der Waals surface area (Å²) in [6.45, 7) is 0. The third-order valence-electron chi connectivity index (χ3n) is 2.65. The van der Waals surface area contributed by atoms with Crippen molar-refractivity contribution in [3.05, 3.63) is 36.3 Å². The molecule has 2 N–H and O–H groups in total. The normalized spacial score (nSPS) is 10.3. The molecule has 94 valence electrons. The van der Waals surface area contributed by atoms with Crippen molar-refractivity contribution >= 4 is 5.97 Å². The van der Waals surface area contributed by atoms with Gasteiger partial charge in [-0.1, -0.05) is 12.1 Å². The molecule has 0 atom stereocenters. The molecular weight excluding hydrogens is 232 g/mol. The molecule has 0 saturated carbocycles. The van der Waals surface area contributed by atoms with Crippen molar-refractivity contribution in [1.29, 1.82) is 0 Å². The van der Waals surface area contributed by atoms with E-state index in [0.29, 0.717) is 6.42 Å². The monoisotopic (exact) mass is 246 g/mol. The smallest absolute Gasteiger partial charge is 0.303 e. The zero-order valence-electron chi connectivity index (χ0n) is 10.0. The summed E-state index contributed by atoms with van der Waals surface area (Å²) < 4.78 is 5.16. The number of aliphatic carboxylic acids is 1. The fraction of sp³-hybridized carbons (Fsp3) is 0.231. The second-order valence-corrected chi connectivity index (χ2v) is 3.86. The van der Waals surface area contributed by atoms with Gasteiger partial charge in [0.05, 0.1) is 25.6 Å². The summed E-state index contributed by atoms with van der Waals surface area (Å²) in [5, 5.41) is 8.70. The van der Waals surface area contributed by atoms with Crippen LogP contribution in [0.15, 0.2) is 30.6 Å². The summed E-state index contributed by atoms with van der Waals surface area (Å²) in [5.74, 6) is -0.0686. The zero-order chi connectivity index (χ0) is 13.0. The first-order valence-electron chi connectivity index (χ1n) is 5.59. The summed E-state index contributed by atoms with van der Waals surface area (Å²) in [7, 11) is 1.61. The highest BCUT2D eigenvalue weighted by Gasteiger charge is 2.10. The highest BCUT2D eigenvalue weighted by molar-refractivity contribution is 5.68. The maximum absolute atomic E-state index is 10.6. The van der Waals surface area contributed by atoms with Gasteiger partial charge in [-0.3, -0.25) is 4.79 Å². The number of rotatable bonds is 5. The zero-order valence-corrected chi connectivity index (χ0v) is 10.0. The Kier molecular flexibility index (Phi) is 3.62. The molecule has 0 aliphatic rings. The number of benzene rings is 1. The van der Waals surface area contributed by atoms with Crippen molar-refractivity contribution in [3.8, 4) is 17.0 Å². The molecule has 1 aromatic heterocycles. The highest BCUT2D eigenvalue weighted by Crippen LogP contribution is 2.25. The number of aromatic nitrogens is 2. The Bertz CT molecular complexity index is 549. The van der Waals surface area contributed by atoms with Crippen molar-refractivity contribution in [2.45, 2.75) is 12.8 Å². The molecule has 0 unspecified atom stereocenters. The summed E-state index contributed by atoms with van der Waals surface area (Å²) >= 11 is 0. The first kappa shape index (κ1) is 12.2. The van der Waals surface area contributed by atoms with Gasteiger partial charge in [0.15, 0.2) is 0 Å². The molecule has 5 heteroatoms. The molecule has 0 aliphatic heterocycles. The Morgan fingerprint density at radius 1 is 1.50 bits per heavy atom. The van der Waals surface area contributed by atoms with Crippen LogP contribution in [0.1, 0.15) is 12.1 Å². The van der Waals surface area contributed by atoms with Crippen LogP contribution in [0.2, 0.25) is 0 Å². The lowest BCUT2D eigenvalue weighted by Gasteiger charge is -2.04. The molecule has 0 amide bonds. The standard InChI is InChI=1S/C13H14N2O3/c1-18-10-4-2-3-9(7-10)13-11(14-8-15-13)5-6-12(16)17/h2-4,7-8H,5-6H2,1H3,(H,14,15)(H,16,17). The molecular formula is C13H14N2O3. The maximum Gasteiger partial charge on any atom is 0.303 e. The molecule has 1 heterocycles. The van der Waals surface area contributed by atoms with Gasteiger partial charge in [-0.25, -0.2) is 4.98 Å². The van der Waals surface area contributed by atoms with Crippen LogP contribution in [-0.2, 0) is 11.2 Å². The Morgan fingerprint density at radius 3 is 3.06 bits per heavy atom. The van der Waals surface area contributed by atoms with Gasteiger partial charge in [0.2, 0.25) is 0 Å². The van der Waals surface area contributed by atoms with E-state index in [9.17, 15) is 4.79 Å². The Morgan fingerprint density at radius 2 is 2.33 bits per heavy atom. The molecule has 0 aliphatic carbocycles. The predicted molar refractivity (Wildman–Crippen MR) is 66.5 cm³/mol. The molecule has 0 radical (unpaired) electrons. The first-order chi connectivity index (χ1) is 8.70. The van der Waals surface area contributed by atoms with Crippen LogP contribution in [0.3, 0.4) is 0 Å². The van der Waals surface area contributed by atoms with E-state index in [-0.39, 0.29) is 6.42 Å². The number of hydrogen-bond donors (Lipinski definition) is 2. The van der Waals surface area contributed by atoms with E-state index in [2.05, 4.69) is 9.97 Å². The van der Waals surface area contributed by atoms with E-state index >= 15 is 0 Å². The van der Waals surface area contributed by atoms with E-state index < -0.39 is 5.97 Å². The average Bonchev–Trinajstić information content (AvgIpc) is 2.84. The third-order valence-corrected chi connectivity index (χ3v) is 2.65. The quantitative estimate of drug-likeness (QED) is 0.847. The molecule has 2 rings (SSSR count). The van der Waals surface area contributed by atoms with Crippen LogP contribution in [-0.4, -0.2) is 28.2 Å². The molecule has 0 spiro atoms. The van der Waals surface area contributed by atoms with Crippen LogP contribution < -0.4 is 4.74 Å². The van der Waals surface area contributed by atoms with Crippen LogP contribution in [0.4, 0.5) is 0 Å². The van der Waals surface area contributed by atoms with Gasteiger partial charge < -0.3 is 14.8 Å². The van der Waals surface area contributed by atoms with Crippen molar-refractivity contribution < 1.29 is 14.6 Å². The van der Waals surface area contributed by atoms with Crippen LogP contribution in [0.5, 0.6) is 5.75 Å².